The van der Waals surface area contributed by atoms with Crippen LogP contribution in [-0.2, 0) is 6.42 Å². The van der Waals surface area contributed by atoms with E-state index in [4.69, 9.17) is 32.7 Å². The Morgan fingerprint density at radius 1 is 1.09 bits per heavy atom. The molecule has 0 bridgehead atoms. The van der Waals surface area contributed by atoms with Gasteiger partial charge in [0.2, 0.25) is 6.79 Å². The van der Waals surface area contributed by atoms with Crippen LogP contribution in [0.2, 0.25) is 10.0 Å². The molecule has 2 aromatic rings. The second-order valence-corrected chi connectivity index (χ2v) is 5.65. The summed E-state index contributed by atoms with van der Waals surface area (Å²) in [6, 6.07) is 10.4. The van der Waals surface area contributed by atoms with Gasteiger partial charge in [0.15, 0.2) is 11.5 Å². The average Bonchev–Trinajstić information content (AvgIpc) is 2.96. The Labute approximate surface area is 137 Å². The number of fused-ring (bicyclic) bond motifs is 1. The summed E-state index contributed by atoms with van der Waals surface area (Å²) in [5.41, 5.74) is 1.48. The first-order valence-corrected chi connectivity index (χ1v) is 7.51. The molecule has 1 amide bonds. The van der Waals surface area contributed by atoms with E-state index in [0.717, 1.165) is 5.56 Å². The zero-order valence-electron chi connectivity index (χ0n) is 11.6. The van der Waals surface area contributed by atoms with Crippen LogP contribution in [0.4, 0.5) is 0 Å². The third kappa shape index (κ3) is 3.29. The van der Waals surface area contributed by atoms with Gasteiger partial charge in [0, 0.05) is 22.2 Å². The van der Waals surface area contributed by atoms with Crippen molar-refractivity contribution in [2.45, 2.75) is 6.42 Å². The van der Waals surface area contributed by atoms with Crippen molar-refractivity contribution in [3.8, 4) is 11.5 Å². The summed E-state index contributed by atoms with van der Waals surface area (Å²) >= 11 is 11.9. The predicted molar refractivity (Wildman–Crippen MR) is 85.1 cm³/mol. The van der Waals surface area contributed by atoms with E-state index in [-0.39, 0.29) is 12.7 Å². The average molecular weight is 338 g/mol. The fourth-order valence-electron chi connectivity index (χ4n) is 2.17. The Bertz CT molecular complexity index is 719. The van der Waals surface area contributed by atoms with Gasteiger partial charge >= 0.3 is 0 Å². The maximum Gasteiger partial charge on any atom is 0.251 e. The van der Waals surface area contributed by atoms with E-state index in [0.29, 0.717) is 40.1 Å². The van der Waals surface area contributed by atoms with E-state index in [2.05, 4.69) is 5.32 Å². The van der Waals surface area contributed by atoms with Crippen LogP contribution in [0.25, 0.3) is 0 Å². The lowest BCUT2D eigenvalue weighted by Gasteiger charge is -2.07. The van der Waals surface area contributed by atoms with Crippen molar-refractivity contribution in [2.75, 3.05) is 13.3 Å². The third-order valence-electron chi connectivity index (χ3n) is 3.33. The number of rotatable bonds is 4. The van der Waals surface area contributed by atoms with Crippen LogP contribution in [0.3, 0.4) is 0 Å². The summed E-state index contributed by atoms with van der Waals surface area (Å²) in [4.78, 5) is 12.1. The molecule has 1 heterocycles. The van der Waals surface area contributed by atoms with Crippen LogP contribution in [0.5, 0.6) is 11.5 Å². The zero-order chi connectivity index (χ0) is 15.5. The van der Waals surface area contributed by atoms with E-state index in [9.17, 15) is 4.79 Å². The second-order valence-electron chi connectivity index (χ2n) is 4.81. The van der Waals surface area contributed by atoms with E-state index < -0.39 is 0 Å². The minimum atomic E-state index is -0.164. The molecule has 0 radical (unpaired) electrons. The molecule has 0 saturated heterocycles. The van der Waals surface area contributed by atoms with Gasteiger partial charge < -0.3 is 14.8 Å². The standard InChI is InChI=1S/C16H13Cl2NO3/c17-12-3-1-10(13(18)8-12)5-6-19-16(20)11-2-4-14-15(7-11)22-9-21-14/h1-4,7-8H,5-6,9H2,(H,19,20). The van der Waals surface area contributed by atoms with Gasteiger partial charge in [-0.2, -0.15) is 0 Å². The van der Waals surface area contributed by atoms with Crippen molar-refractivity contribution in [2.24, 2.45) is 0 Å². The number of benzene rings is 2. The second kappa shape index (κ2) is 6.46. The van der Waals surface area contributed by atoms with Crippen molar-refractivity contribution >= 4 is 29.1 Å². The summed E-state index contributed by atoms with van der Waals surface area (Å²) in [5.74, 6) is 1.08. The van der Waals surface area contributed by atoms with Gasteiger partial charge in [-0.15, -0.1) is 0 Å². The van der Waals surface area contributed by atoms with Gasteiger partial charge in [-0.1, -0.05) is 29.3 Å². The smallest absolute Gasteiger partial charge is 0.251 e. The first-order chi connectivity index (χ1) is 10.6. The van der Waals surface area contributed by atoms with Gasteiger partial charge in [-0.3, -0.25) is 4.79 Å². The van der Waals surface area contributed by atoms with E-state index in [1.807, 2.05) is 6.07 Å². The number of carbonyl (C=O) groups excluding carboxylic acids is 1. The van der Waals surface area contributed by atoms with Gasteiger partial charge in [0.25, 0.3) is 5.91 Å². The summed E-state index contributed by atoms with van der Waals surface area (Å²) in [6.07, 6.45) is 0.631. The first-order valence-electron chi connectivity index (χ1n) is 6.75. The lowest BCUT2D eigenvalue weighted by molar-refractivity contribution is 0.0953. The zero-order valence-corrected chi connectivity index (χ0v) is 13.1. The van der Waals surface area contributed by atoms with E-state index in [1.165, 1.54) is 0 Å². The molecule has 0 fully saturated rings. The molecule has 4 nitrogen and oxygen atoms in total. The SMILES string of the molecule is O=C(NCCc1ccc(Cl)cc1Cl)c1ccc2c(c1)OCO2. The summed E-state index contributed by atoms with van der Waals surface area (Å²) in [5, 5.41) is 4.05. The van der Waals surface area contributed by atoms with Gasteiger partial charge in [-0.25, -0.2) is 0 Å². The molecule has 22 heavy (non-hydrogen) atoms. The lowest BCUT2D eigenvalue weighted by Crippen LogP contribution is -2.25. The fourth-order valence-corrected chi connectivity index (χ4v) is 2.68. The Morgan fingerprint density at radius 3 is 2.73 bits per heavy atom. The molecule has 0 spiro atoms. The fraction of sp³-hybridized carbons (Fsp3) is 0.188. The van der Waals surface area contributed by atoms with Crippen molar-refractivity contribution in [1.82, 2.24) is 5.32 Å². The Balaban J connectivity index is 1.58. The van der Waals surface area contributed by atoms with Crippen LogP contribution < -0.4 is 14.8 Å². The van der Waals surface area contributed by atoms with E-state index in [1.54, 1.807) is 30.3 Å². The molecule has 0 saturated carbocycles. The number of amides is 1. The van der Waals surface area contributed by atoms with E-state index >= 15 is 0 Å². The number of hydrogen-bond acceptors (Lipinski definition) is 3. The largest absolute Gasteiger partial charge is 0.454 e. The number of halogens is 2. The quantitative estimate of drug-likeness (QED) is 0.925. The molecule has 1 N–H and O–H groups in total. The summed E-state index contributed by atoms with van der Waals surface area (Å²) < 4.78 is 10.5. The maximum atomic E-state index is 12.1. The van der Waals surface area contributed by atoms with Gasteiger partial charge in [0.05, 0.1) is 0 Å². The molecular weight excluding hydrogens is 325 g/mol. The Morgan fingerprint density at radius 2 is 1.91 bits per heavy atom. The number of ether oxygens (including phenoxy) is 2. The van der Waals surface area contributed by atoms with Crippen molar-refractivity contribution in [1.29, 1.82) is 0 Å². The molecular formula is C16H13Cl2NO3. The predicted octanol–water partition coefficient (Wildman–Crippen LogP) is 3.69. The molecule has 6 heteroatoms. The maximum absolute atomic E-state index is 12.1. The molecule has 1 aliphatic heterocycles. The number of nitrogens with one attached hydrogen (secondary N) is 1. The van der Waals surface area contributed by atoms with Crippen LogP contribution in [0, 0.1) is 0 Å². The Hall–Kier alpha value is -1.91. The van der Waals surface area contributed by atoms with Crippen molar-refractivity contribution in [3.05, 3.63) is 57.6 Å². The Kier molecular flexibility index (Phi) is 4.41. The molecule has 2 aromatic carbocycles. The van der Waals surface area contributed by atoms with Crippen LogP contribution in [-0.4, -0.2) is 19.2 Å². The highest BCUT2D eigenvalue weighted by Crippen LogP contribution is 2.32. The van der Waals surface area contributed by atoms with Crippen molar-refractivity contribution in [3.63, 3.8) is 0 Å². The topological polar surface area (TPSA) is 47.6 Å². The molecule has 0 aliphatic carbocycles. The first kappa shape index (κ1) is 15.0. The van der Waals surface area contributed by atoms with Gasteiger partial charge in [-0.05, 0) is 42.3 Å². The molecule has 0 aromatic heterocycles. The highest BCUT2D eigenvalue weighted by atomic mass is 35.5. The molecule has 0 atom stereocenters. The molecule has 114 valence electrons. The minimum absolute atomic E-state index is 0.164. The lowest BCUT2D eigenvalue weighted by atomic mass is 10.1. The number of carbonyl (C=O) groups is 1. The van der Waals surface area contributed by atoms with Crippen molar-refractivity contribution < 1.29 is 14.3 Å². The molecule has 0 unspecified atom stereocenters. The molecule has 3 rings (SSSR count). The van der Waals surface area contributed by atoms with Crippen LogP contribution >= 0.6 is 23.2 Å². The molecule has 1 aliphatic rings. The monoisotopic (exact) mass is 337 g/mol. The highest BCUT2D eigenvalue weighted by molar-refractivity contribution is 6.35. The van der Waals surface area contributed by atoms with Crippen LogP contribution in [0.15, 0.2) is 36.4 Å². The third-order valence-corrected chi connectivity index (χ3v) is 3.92. The number of hydrogen-bond donors (Lipinski definition) is 1. The minimum Gasteiger partial charge on any atom is -0.454 e. The normalized spacial score (nSPS) is 12.3. The summed E-state index contributed by atoms with van der Waals surface area (Å²) in [7, 11) is 0. The van der Waals surface area contributed by atoms with Crippen LogP contribution in [0.1, 0.15) is 15.9 Å². The summed E-state index contributed by atoms with van der Waals surface area (Å²) in [6.45, 7) is 0.671. The highest BCUT2D eigenvalue weighted by Gasteiger charge is 2.16. The van der Waals surface area contributed by atoms with Gasteiger partial charge in [0.1, 0.15) is 0 Å².